The van der Waals surface area contributed by atoms with Gasteiger partial charge >= 0.3 is 5.97 Å². The molecule has 2 aromatic carbocycles. The van der Waals surface area contributed by atoms with Crippen LogP contribution in [0.5, 0.6) is 0 Å². The number of hydrogen-bond donors (Lipinski definition) is 2. The molecular formula is C21H19Cl2N3O4S2. The molecule has 0 radical (unpaired) electrons. The average Bonchev–Trinajstić information content (AvgIpc) is 3.07. The number of nitrogens with zero attached hydrogens (tertiary/aromatic N) is 1. The number of ether oxygens (including phenoxy) is 1. The van der Waals surface area contributed by atoms with Gasteiger partial charge in [-0.05, 0) is 50.2 Å². The summed E-state index contributed by atoms with van der Waals surface area (Å²) in [4.78, 5) is 29.5. The van der Waals surface area contributed by atoms with Gasteiger partial charge in [0.2, 0.25) is 5.78 Å². The fourth-order valence-electron chi connectivity index (χ4n) is 2.68. The smallest absolute Gasteiger partial charge is 0.319 e. The Balaban J connectivity index is 1.72. The van der Waals surface area contributed by atoms with E-state index in [4.69, 9.17) is 33.7 Å². The van der Waals surface area contributed by atoms with Crippen molar-refractivity contribution in [3.8, 4) is 0 Å². The summed E-state index contributed by atoms with van der Waals surface area (Å²) in [6.45, 7) is 3.46. The lowest BCUT2D eigenvalue weighted by Crippen LogP contribution is -2.18. The number of aromatic nitrogens is 1. The zero-order chi connectivity index (χ0) is 23.4. The van der Waals surface area contributed by atoms with Gasteiger partial charge in [0, 0.05) is 10.6 Å². The van der Waals surface area contributed by atoms with Crippen LogP contribution in [0.1, 0.15) is 29.1 Å². The van der Waals surface area contributed by atoms with Crippen LogP contribution in [0.3, 0.4) is 0 Å². The van der Waals surface area contributed by atoms with Gasteiger partial charge in [0.05, 0.1) is 32.5 Å². The number of nitrogens with two attached hydrogens (primary N) is 1. The molecule has 3 N–H and O–H groups in total. The Morgan fingerprint density at radius 2 is 1.78 bits per heavy atom. The molecule has 0 aliphatic carbocycles. The van der Waals surface area contributed by atoms with Crippen LogP contribution in [0.4, 0.5) is 16.6 Å². The molecule has 0 spiro atoms. The zero-order valence-electron chi connectivity index (χ0n) is 17.1. The maximum absolute atomic E-state index is 12.9. The summed E-state index contributed by atoms with van der Waals surface area (Å²) in [5.41, 5.74) is 6.75. The van der Waals surface area contributed by atoms with Crippen molar-refractivity contribution in [1.82, 2.24) is 4.98 Å². The second-order valence-corrected chi connectivity index (χ2v) is 10.1. The van der Waals surface area contributed by atoms with E-state index in [1.807, 2.05) is 0 Å². The van der Waals surface area contributed by atoms with Crippen LogP contribution >= 0.6 is 34.5 Å². The van der Waals surface area contributed by atoms with Gasteiger partial charge < -0.3 is 15.8 Å². The van der Waals surface area contributed by atoms with Crippen molar-refractivity contribution in [2.45, 2.75) is 24.8 Å². The quantitative estimate of drug-likeness (QED) is 0.320. The average molecular weight is 512 g/mol. The number of carbonyl (C=O) groups excluding carboxylic acids is 2. The number of nitrogen functional groups attached to an aromatic ring is 1. The number of nitrogens with one attached hydrogen (secondary N) is 1. The van der Waals surface area contributed by atoms with Crippen molar-refractivity contribution in [3.63, 3.8) is 0 Å². The molecule has 1 heterocycles. The van der Waals surface area contributed by atoms with E-state index in [2.05, 4.69) is 10.3 Å². The molecule has 11 heteroatoms. The summed E-state index contributed by atoms with van der Waals surface area (Å²) in [6.07, 6.45) is -0.262. The Morgan fingerprint density at radius 1 is 1.16 bits per heavy atom. The second-order valence-electron chi connectivity index (χ2n) is 6.84. The van der Waals surface area contributed by atoms with Crippen LogP contribution in [0.25, 0.3) is 0 Å². The predicted octanol–water partition coefficient (Wildman–Crippen LogP) is 5.07. The molecule has 3 rings (SSSR count). The Morgan fingerprint density at radius 3 is 2.38 bits per heavy atom. The molecule has 1 aromatic heterocycles. The Labute approximate surface area is 201 Å². The summed E-state index contributed by atoms with van der Waals surface area (Å²) in [6, 6.07) is 11.4. The largest absolute Gasteiger partial charge is 0.462 e. The van der Waals surface area contributed by atoms with Gasteiger partial charge in [0.25, 0.3) is 0 Å². The molecule has 168 valence electrons. The minimum atomic E-state index is -1.52. The number of hydrogen-bond acceptors (Lipinski definition) is 8. The van der Waals surface area contributed by atoms with E-state index in [0.29, 0.717) is 15.7 Å². The maximum Gasteiger partial charge on any atom is 0.319 e. The van der Waals surface area contributed by atoms with Crippen molar-refractivity contribution in [2.24, 2.45) is 0 Å². The molecule has 3 aromatic rings. The number of thiazole rings is 1. The Hall–Kier alpha value is -2.46. The van der Waals surface area contributed by atoms with Gasteiger partial charge in [0.1, 0.15) is 16.4 Å². The topological polar surface area (TPSA) is 111 Å². The first-order valence-electron chi connectivity index (χ1n) is 9.35. The van der Waals surface area contributed by atoms with Gasteiger partial charge in [-0.25, -0.2) is 4.98 Å². The number of ketones is 1. The number of benzene rings is 2. The van der Waals surface area contributed by atoms with Crippen molar-refractivity contribution in [3.05, 3.63) is 63.0 Å². The molecule has 0 saturated heterocycles. The number of esters is 1. The Bertz CT molecular complexity index is 1160. The fourth-order valence-corrected chi connectivity index (χ4v) is 4.99. The molecule has 1 unspecified atom stereocenters. The molecule has 1 atom stereocenters. The van der Waals surface area contributed by atoms with E-state index in [9.17, 15) is 13.8 Å². The monoisotopic (exact) mass is 511 g/mol. The first-order chi connectivity index (χ1) is 15.2. The highest BCUT2D eigenvalue weighted by atomic mass is 35.5. The van der Waals surface area contributed by atoms with Gasteiger partial charge in [-0.2, -0.15) is 0 Å². The highest BCUT2D eigenvalue weighted by molar-refractivity contribution is 7.85. The Kier molecular flexibility index (Phi) is 7.89. The van der Waals surface area contributed by atoms with Crippen LogP contribution in [0, 0.1) is 0 Å². The third-order valence-electron chi connectivity index (χ3n) is 4.03. The van der Waals surface area contributed by atoms with Gasteiger partial charge in [-0.15, -0.1) is 0 Å². The molecule has 0 saturated carbocycles. The number of rotatable bonds is 8. The molecule has 0 bridgehead atoms. The zero-order valence-corrected chi connectivity index (χ0v) is 20.2. The summed E-state index contributed by atoms with van der Waals surface area (Å²) >= 11 is 13.3. The van der Waals surface area contributed by atoms with Gasteiger partial charge in [-0.3, -0.25) is 13.8 Å². The summed E-state index contributed by atoms with van der Waals surface area (Å²) in [5.74, 6) is -1.10. The summed E-state index contributed by atoms with van der Waals surface area (Å²) in [7, 11) is -1.52. The van der Waals surface area contributed by atoms with Crippen LogP contribution in [0.2, 0.25) is 10.0 Å². The third-order valence-corrected chi connectivity index (χ3v) is 6.95. The van der Waals surface area contributed by atoms with E-state index >= 15 is 0 Å². The second kappa shape index (κ2) is 10.4. The van der Waals surface area contributed by atoms with Crippen LogP contribution in [-0.2, 0) is 20.3 Å². The van der Waals surface area contributed by atoms with Crippen LogP contribution in [-0.4, -0.2) is 32.8 Å². The molecule has 0 fully saturated rings. The number of halogens is 2. The standard InChI is InChI=1S/C21H19Cl2N3O4S2/c1-11(2)30-16(27)10-32(29)13-8-6-12(7-9-13)25-21-26-20(24)19(31-21)18(28)17-14(22)4-3-5-15(17)23/h3-9,11H,10,24H2,1-2H3,(H,25,26). The lowest BCUT2D eigenvalue weighted by molar-refractivity contribution is -0.144. The highest BCUT2D eigenvalue weighted by Crippen LogP contribution is 2.34. The van der Waals surface area contributed by atoms with E-state index in [0.717, 1.165) is 11.3 Å². The molecule has 0 aliphatic heterocycles. The lowest BCUT2D eigenvalue weighted by Gasteiger charge is -2.08. The van der Waals surface area contributed by atoms with Gasteiger partial charge in [-0.1, -0.05) is 40.6 Å². The van der Waals surface area contributed by atoms with Gasteiger partial charge in [0.15, 0.2) is 5.13 Å². The number of carbonyl (C=O) groups is 2. The molecule has 7 nitrogen and oxygen atoms in total. The number of anilines is 3. The van der Waals surface area contributed by atoms with E-state index < -0.39 is 22.6 Å². The minimum Gasteiger partial charge on any atom is -0.462 e. The molecular weight excluding hydrogens is 493 g/mol. The summed E-state index contributed by atoms with van der Waals surface area (Å²) in [5, 5.41) is 3.90. The molecule has 0 amide bonds. The summed E-state index contributed by atoms with van der Waals surface area (Å²) < 4.78 is 17.3. The fraction of sp³-hybridized carbons (Fsp3) is 0.190. The minimum absolute atomic E-state index is 0.0554. The van der Waals surface area contributed by atoms with Crippen molar-refractivity contribution in [1.29, 1.82) is 0 Å². The van der Waals surface area contributed by atoms with Crippen LogP contribution < -0.4 is 11.1 Å². The lowest BCUT2D eigenvalue weighted by atomic mass is 10.1. The third kappa shape index (κ3) is 5.86. The van der Waals surface area contributed by atoms with Crippen molar-refractivity contribution < 1.29 is 18.5 Å². The predicted molar refractivity (Wildman–Crippen MR) is 129 cm³/mol. The van der Waals surface area contributed by atoms with E-state index in [-0.39, 0.29) is 38.2 Å². The van der Waals surface area contributed by atoms with E-state index in [1.54, 1.807) is 56.3 Å². The first-order valence-corrected chi connectivity index (χ1v) is 12.2. The first kappa shape index (κ1) is 24.2. The van der Waals surface area contributed by atoms with Crippen LogP contribution in [0.15, 0.2) is 47.4 Å². The van der Waals surface area contributed by atoms with Crippen molar-refractivity contribution >= 4 is 73.7 Å². The molecule has 0 aliphatic rings. The molecule has 32 heavy (non-hydrogen) atoms. The normalized spacial score (nSPS) is 11.9. The highest BCUT2D eigenvalue weighted by Gasteiger charge is 2.22. The van der Waals surface area contributed by atoms with Crippen molar-refractivity contribution in [2.75, 3.05) is 16.8 Å². The van der Waals surface area contributed by atoms with E-state index in [1.165, 1.54) is 0 Å². The maximum atomic E-state index is 12.9. The SMILES string of the molecule is CC(C)OC(=O)CS(=O)c1ccc(Nc2nc(N)c(C(=O)c3c(Cl)cccc3Cl)s2)cc1.